The second-order valence-electron chi connectivity index (χ2n) is 8.75. The third kappa shape index (κ3) is 4.20. The Bertz CT molecular complexity index is 1060. The zero-order chi connectivity index (χ0) is 22.9. The molecule has 2 aromatic carbocycles. The molecule has 0 aliphatic carbocycles. The van der Waals surface area contributed by atoms with Crippen LogP contribution in [0.5, 0.6) is 5.75 Å². The number of carbonyl (C=O) groups is 1. The van der Waals surface area contributed by atoms with Crippen molar-refractivity contribution < 1.29 is 13.9 Å². The Balaban J connectivity index is 1.45. The van der Waals surface area contributed by atoms with Gasteiger partial charge in [-0.1, -0.05) is 23.7 Å². The maximum atomic E-state index is 13.4. The van der Waals surface area contributed by atoms with Gasteiger partial charge in [0.1, 0.15) is 11.6 Å². The number of anilines is 2. The van der Waals surface area contributed by atoms with Crippen molar-refractivity contribution in [2.45, 2.75) is 31.8 Å². The van der Waals surface area contributed by atoms with Crippen molar-refractivity contribution in [2.75, 3.05) is 37.3 Å². The highest BCUT2D eigenvalue weighted by atomic mass is 35.5. The van der Waals surface area contributed by atoms with E-state index in [0.29, 0.717) is 49.7 Å². The molecule has 0 saturated carbocycles. The quantitative estimate of drug-likeness (QED) is 0.710. The number of hydrogen-bond acceptors (Lipinski definition) is 5. The summed E-state index contributed by atoms with van der Waals surface area (Å²) >= 11 is 6.24. The molecule has 1 atom stereocenters. The minimum atomic E-state index is -1.06. The predicted octanol–water partition coefficient (Wildman–Crippen LogP) is 4.46. The number of benzene rings is 2. The molecule has 2 aromatic rings. The summed E-state index contributed by atoms with van der Waals surface area (Å²) < 4.78 is 19.4. The van der Waals surface area contributed by atoms with Crippen LogP contribution in [0, 0.1) is 22.6 Å². The van der Waals surface area contributed by atoms with Crippen molar-refractivity contribution in [3.8, 4) is 11.8 Å². The molecule has 1 fully saturated rings. The number of nitrogens with one attached hydrogen (secondary N) is 2. The highest BCUT2D eigenvalue weighted by Gasteiger charge is 2.45. The van der Waals surface area contributed by atoms with Crippen LogP contribution in [0.25, 0.3) is 0 Å². The summed E-state index contributed by atoms with van der Waals surface area (Å²) in [5.74, 6) is 0.172. The Morgan fingerprint density at radius 1 is 1.31 bits per heavy atom. The maximum absolute atomic E-state index is 13.4. The lowest BCUT2D eigenvalue weighted by molar-refractivity contribution is -0.148. The molecule has 168 valence electrons. The van der Waals surface area contributed by atoms with Crippen LogP contribution in [0.1, 0.15) is 25.3 Å². The Kier molecular flexibility index (Phi) is 5.91. The number of amides is 1. The fourth-order valence-corrected chi connectivity index (χ4v) is 4.68. The second kappa shape index (κ2) is 8.51. The molecule has 32 heavy (non-hydrogen) atoms. The summed E-state index contributed by atoms with van der Waals surface area (Å²) in [6.07, 6.45) is 1.67. The second-order valence-corrected chi connectivity index (χ2v) is 9.16. The molecule has 0 aromatic heterocycles. The van der Waals surface area contributed by atoms with E-state index in [-0.39, 0.29) is 11.7 Å². The molecule has 0 bridgehead atoms. The van der Waals surface area contributed by atoms with Gasteiger partial charge < -0.3 is 20.3 Å². The fourth-order valence-electron chi connectivity index (χ4n) is 4.42. The lowest BCUT2D eigenvalue weighted by Crippen LogP contribution is -2.58. The molecule has 8 heteroatoms. The zero-order valence-electron chi connectivity index (χ0n) is 18.2. The monoisotopic (exact) mass is 456 g/mol. The number of ether oxygens (including phenoxy) is 1. The van der Waals surface area contributed by atoms with Crippen LogP contribution >= 0.6 is 11.6 Å². The SMILES string of the molecule is CNc1cc2c(cc1Cl)NCC(C)(C(=O)N1CCC(C#N)(Cc3ccc(F)cc3)CC1)O2. The molecule has 0 radical (unpaired) electrons. The van der Waals surface area contributed by atoms with Crippen LogP contribution in [-0.2, 0) is 11.2 Å². The molecule has 2 heterocycles. The van der Waals surface area contributed by atoms with Gasteiger partial charge in [-0.2, -0.15) is 5.26 Å². The van der Waals surface area contributed by atoms with Gasteiger partial charge in [0.2, 0.25) is 5.60 Å². The highest BCUT2D eigenvalue weighted by molar-refractivity contribution is 6.33. The van der Waals surface area contributed by atoms with Gasteiger partial charge >= 0.3 is 0 Å². The molecule has 4 rings (SSSR count). The van der Waals surface area contributed by atoms with Gasteiger partial charge in [-0.05, 0) is 49.9 Å². The van der Waals surface area contributed by atoms with Crippen LogP contribution in [0.2, 0.25) is 5.02 Å². The topological polar surface area (TPSA) is 77.4 Å². The Morgan fingerprint density at radius 3 is 2.62 bits per heavy atom. The van der Waals surface area contributed by atoms with Crippen LogP contribution in [-0.4, -0.2) is 43.1 Å². The molecular formula is C24H26ClFN4O2. The maximum Gasteiger partial charge on any atom is 0.268 e. The van der Waals surface area contributed by atoms with E-state index in [1.165, 1.54) is 12.1 Å². The summed E-state index contributed by atoms with van der Waals surface area (Å²) in [7, 11) is 1.77. The van der Waals surface area contributed by atoms with E-state index in [9.17, 15) is 14.4 Å². The lowest BCUT2D eigenvalue weighted by Gasteiger charge is -2.43. The van der Waals surface area contributed by atoms with Crippen LogP contribution in [0.3, 0.4) is 0 Å². The molecule has 2 N–H and O–H groups in total. The summed E-state index contributed by atoms with van der Waals surface area (Å²) in [6, 6.07) is 12.3. The normalized spacial score (nSPS) is 21.5. The molecule has 2 aliphatic rings. The first-order valence-electron chi connectivity index (χ1n) is 10.7. The number of fused-ring (bicyclic) bond motifs is 1. The number of nitriles is 1. The predicted molar refractivity (Wildman–Crippen MR) is 122 cm³/mol. The first-order chi connectivity index (χ1) is 15.3. The first-order valence-corrected chi connectivity index (χ1v) is 11.0. The van der Waals surface area contributed by atoms with Crippen LogP contribution < -0.4 is 15.4 Å². The van der Waals surface area contributed by atoms with Gasteiger partial charge in [0.05, 0.1) is 34.4 Å². The van der Waals surface area contributed by atoms with E-state index in [0.717, 1.165) is 16.9 Å². The van der Waals surface area contributed by atoms with Crippen molar-refractivity contribution in [2.24, 2.45) is 5.41 Å². The molecule has 1 amide bonds. The van der Waals surface area contributed by atoms with Gasteiger partial charge in [-0.15, -0.1) is 0 Å². The number of carbonyl (C=O) groups excluding carboxylic acids is 1. The Labute approximate surface area is 192 Å². The van der Waals surface area contributed by atoms with Crippen LogP contribution in [0.4, 0.5) is 15.8 Å². The van der Waals surface area contributed by atoms with Gasteiger partial charge in [0.25, 0.3) is 5.91 Å². The average Bonchev–Trinajstić information content (AvgIpc) is 2.80. The Morgan fingerprint density at radius 2 is 2.00 bits per heavy atom. The van der Waals surface area contributed by atoms with Crippen molar-refractivity contribution in [1.29, 1.82) is 5.26 Å². The zero-order valence-corrected chi connectivity index (χ0v) is 18.9. The molecule has 1 saturated heterocycles. The number of nitrogens with zero attached hydrogens (tertiary/aromatic N) is 2. The molecule has 6 nitrogen and oxygen atoms in total. The van der Waals surface area contributed by atoms with Crippen molar-refractivity contribution in [3.05, 3.63) is 52.8 Å². The first kappa shape index (κ1) is 22.2. The van der Waals surface area contributed by atoms with E-state index >= 15 is 0 Å². The van der Waals surface area contributed by atoms with E-state index in [4.69, 9.17) is 16.3 Å². The van der Waals surface area contributed by atoms with Crippen LogP contribution in [0.15, 0.2) is 36.4 Å². The number of likely N-dealkylation sites (tertiary alicyclic amines) is 1. The minimum absolute atomic E-state index is 0.107. The van der Waals surface area contributed by atoms with Crippen molar-refractivity contribution >= 4 is 28.9 Å². The molecule has 2 aliphatic heterocycles. The standard InChI is InChI=1S/C24H26ClFN4O2/c1-23(15-29-20-11-18(25)19(28-2)12-21(20)32-23)22(31)30-9-7-24(14-27,8-10-30)13-16-3-5-17(26)6-4-16/h3-6,11-12,28-29H,7-10,13,15H2,1-2H3. The fraction of sp³-hybridized carbons (Fsp3) is 0.417. The molecule has 1 unspecified atom stereocenters. The van der Waals surface area contributed by atoms with E-state index in [1.54, 1.807) is 43.1 Å². The smallest absolute Gasteiger partial charge is 0.268 e. The van der Waals surface area contributed by atoms with E-state index < -0.39 is 11.0 Å². The summed E-state index contributed by atoms with van der Waals surface area (Å²) in [5.41, 5.74) is 0.777. The molecular weight excluding hydrogens is 431 g/mol. The van der Waals surface area contributed by atoms with Gasteiger partial charge in [0.15, 0.2) is 0 Å². The van der Waals surface area contributed by atoms with Gasteiger partial charge in [0, 0.05) is 26.2 Å². The third-order valence-corrected chi connectivity index (χ3v) is 6.76. The van der Waals surface area contributed by atoms with Gasteiger partial charge in [-0.25, -0.2) is 4.39 Å². The largest absolute Gasteiger partial charge is 0.474 e. The number of halogens is 2. The lowest BCUT2D eigenvalue weighted by atomic mass is 9.75. The number of hydrogen-bond donors (Lipinski definition) is 2. The van der Waals surface area contributed by atoms with Crippen molar-refractivity contribution in [3.63, 3.8) is 0 Å². The third-order valence-electron chi connectivity index (χ3n) is 6.44. The van der Waals surface area contributed by atoms with E-state index in [2.05, 4.69) is 16.7 Å². The highest BCUT2D eigenvalue weighted by Crippen LogP contribution is 2.41. The van der Waals surface area contributed by atoms with E-state index in [1.807, 2.05) is 0 Å². The Hall–Kier alpha value is -2.98. The summed E-state index contributed by atoms with van der Waals surface area (Å²) in [4.78, 5) is 15.2. The summed E-state index contributed by atoms with van der Waals surface area (Å²) in [6.45, 7) is 3.05. The molecule has 0 spiro atoms. The van der Waals surface area contributed by atoms with Gasteiger partial charge in [-0.3, -0.25) is 4.79 Å². The minimum Gasteiger partial charge on any atom is -0.474 e. The summed E-state index contributed by atoms with van der Waals surface area (Å²) in [5, 5.41) is 16.7. The number of rotatable bonds is 4. The van der Waals surface area contributed by atoms with Crippen molar-refractivity contribution in [1.82, 2.24) is 4.90 Å². The number of piperidine rings is 1. The average molecular weight is 457 g/mol.